The van der Waals surface area contributed by atoms with Crippen LogP contribution in [0.4, 0.5) is 0 Å². The molecule has 0 radical (unpaired) electrons. The zero-order valence-electron chi connectivity index (χ0n) is 19.4. The molecule has 34 heavy (non-hydrogen) atoms. The van der Waals surface area contributed by atoms with Crippen molar-refractivity contribution >= 4 is 46.0 Å². The largest absolute Gasteiger partial charge is 0.493 e. The van der Waals surface area contributed by atoms with Crippen molar-refractivity contribution in [2.45, 2.75) is 12.5 Å². The highest BCUT2D eigenvalue weighted by Gasteiger charge is 2.25. The molecule has 0 aliphatic rings. The molecule has 0 aromatic heterocycles. The summed E-state index contributed by atoms with van der Waals surface area (Å²) >= 11 is 0. The fourth-order valence-corrected chi connectivity index (χ4v) is 4.24. The molecule has 7 heteroatoms. The van der Waals surface area contributed by atoms with E-state index in [9.17, 15) is 9.59 Å². The third-order valence-corrected chi connectivity index (χ3v) is 5.91. The van der Waals surface area contributed by atoms with Gasteiger partial charge in [-0.1, -0.05) is 72.8 Å². The first-order valence-corrected chi connectivity index (χ1v) is 11.0. The molecule has 0 bridgehead atoms. The standard InChI is InChI=1S/C27H26BNO5/c1-32-27(31)24(16-18-12-14-21(15-13-18)28(33-2)34-3)29-26(30)25-22-10-6-4-8-19(22)17-20-9-5-7-11-23(20)25/h4-15,17,24H,16H2,1-3H3,(H,29,30)/t24-/m1/s1. The third-order valence-electron chi connectivity index (χ3n) is 5.91. The van der Waals surface area contributed by atoms with Gasteiger partial charge < -0.3 is 19.4 Å². The van der Waals surface area contributed by atoms with Gasteiger partial charge >= 0.3 is 13.1 Å². The molecule has 0 saturated carbocycles. The lowest BCUT2D eigenvalue weighted by Crippen LogP contribution is -2.43. The van der Waals surface area contributed by atoms with Crippen LogP contribution in [0.3, 0.4) is 0 Å². The van der Waals surface area contributed by atoms with Crippen LogP contribution in [0.25, 0.3) is 21.5 Å². The number of esters is 1. The highest BCUT2D eigenvalue weighted by atomic mass is 16.6. The zero-order valence-corrected chi connectivity index (χ0v) is 19.4. The van der Waals surface area contributed by atoms with Crippen LogP contribution in [0, 0.1) is 0 Å². The van der Waals surface area contributed by atoms with E-state index in [2.05, 4.69) is 11.4 Å². The number of carbonyl (C=O) groups is 2. The average Bonchev–Trinajstić information content (AvgIpc) is 2.87. The molecule has 0 aliphatic carbocycles. The molecule has 0 unspecified atom stereocenters. The number of carbonyl (C=O) groups excluding carboxylic acids is 2. The maximum absolute atomic E-state index is 13.6. The summed E-state index contributed by atoms with van der Waals surface area (Å²) in [7, 11) is 3.99. The Bertz CT molecular complexity index is 1260. The van der Waals surface area contributed by atoms with E-state index < -0.39 is 19.1 Å². The Balaban J connectivity index is 1.65. The molecule has 1 atom stereocenters. The normalized spacial score (nSPS) is 11.9. The van der Waals surface area contributed by atoms with Crippen molar-refractivity contribution in [2.24, 2.45) is 0 Å². The van der Waals surface area contributed by atoms with Crippen molar-refractivity contribution in [1.82, 2.24) is 5.32 Å². The van der Waals surface area contributed by atoms with Crippen molar-refractivity contribution in [3.05, 3.63) is 90.0 Å². The first-order valence-electron chi connectivity index (χ1n) is 11.0. The van der Waals surface area contributed by atoms with Gasteiger partial charge in [0.15, 0.2) is 0 Å². The van der Waals surface area contributed by atoms with Gasteiger partial charge in [-0.05, 0) is 38.6 Å². The van der Waals surface area contributed by atoms with Crippen molar-refractivity contribution in [3.8, 4) is 0 Å². The molecule has 1 N–H and O–H groups in total. The quantitative estimate of drug-likeness (QED) is 0.250. The predicted octanol–water partition coefficient (Wildman–Crippen LogP) is 3.50. The van der Waals surface area contributed by atoms with Gasteiger partial charge in [-0.2, -0.15) is 0 Å². The Morgan fingerprint density at radius 2 is 1.38 bits per heavy atom. The summed E-state index contributed by atoms with van der Waals surface area (Å²) in [4.78, 5) is 26.2. The molecule has 0 aliphatic heterocycles. The second kappa shape index (κ2) is 10.5. The van der Waals surface area contributed by atoms with E-state index in [1.165, 1.54) is 7.11 Å². The molecule has 4 aromatic carbocycles. The van der Waals surface area contributed by atoms with Crippen molar-refractivity contribution in [2.75, 3.05) is 21.3 Å². The van der Waals surface area contributed by atoms with Gasteiger partial charge in [0, 0.05) is 20.6 Å². The Labute approximate surface area is 199 Å². The number of nitrogens with one attached hydrogen (secondary N) is 1. The monoisotopic (exact) mass is 455 g/mol. The Morgan fingerprint density at radius 1 is 0.824 bits per heavy atom. The lowest BCUT2D eigenvalue weighted by molar-refractivity contribution is -0.142. The van der Waals surface area contributed by atoms with Crippen LogP contribution >= 0.6 is 0 Å². The Morgan fingerprint density at radius 3 is 1.91 bits per heavy atom. The number of hydrogen-bond acceptors (Lipinski definition) is 5. The van der Waals surface area contributed by atoms with E-state index in [4.69, 9.17) is 14.0 Å². The van der Waals surface area contributed by atoms with Crippen LogP contribution in [0.5, 0.6) is 0 Å². The topological polar surface area (TPSA) is 73.9 Å². The van der Waals surface area contributed by atoms with Gasteiger partial charge in [-0.15, -0.1) is 0 Å². The van der Waals surface area contributed by atoms with Gasteiger partial charge in [0.2, 0.25) is 0 Å². The van der Waals surface area contributed by atoms with E-state index in [1.54, 1.807) is 14.2 Å². The van der Waals surface area contributed by atoms with Crippen LogP contribution in [0.1, 0.15) is 15.9 Å². The van der Waals surface area contributed by atoms with Crippen LogP contribution in [0.2, 0.25) is 0 Å². The number of hydrogen-bond donors (Lipinski definition) is 1. The van der Waals surface area contributed by atoms with Crippen LogP contribution in [-0.2, 0) is 25.3 Å². The van der Waals surface area contributed by atoms with Gasteiger partial charge in [-0.25, -0.2) is 4.79 Å². The molecule has 1 amide bonds. The van der Waals surface area contributed by atoms with E-state index in [0.717, 1.165) is 32.6 Å². The van der Waals surface area contributed by atoms with Gasteiger partial charge in [0.25, 0.3) is 5.91 Å². The van der Waals surface area contributed by atoms with Crippen molar-refractivity contribution < 1.29 is 23.6 Å². The summed E-state index contributed by atoms with van der Waals surface area (Å²) in [5.74, 6) is -0.826. The molecular formula is C27H26BNO5. The lowest BCUT2D eigenvalue weighted by atomic mass is 9.78. The molecule has 6 nitrogen and oxygen atoms in total. The smallest absolute Gasteiger partial charge is 0.467 e. The predicted molar refractivity (Wildman–Crippen MR) is 134 cm³/mol. The lowest BCUT2D eigenvalue weighted by Gasteiger charge is -2.19. The molecule has 0 spiro atoms. The summed E-state index contributed by atoms with van der Waals surface area (Å²) < 4.78 is 15.6. The van der Waals surface area contributed by atoms with Crippen LogP contribution in [0.15, 0.2) is 78.9 Å². The SMILES string of the molecule is COB(OC)c1ccc(C[C@@H](NC(=O)c2c3ccccc3cc3ccccc23)C(=O)OC)cc1. The second-order valence-electron chi connectivity index (χ2n) is 7.99. The van der Waals surface area contributed by atoms with Crippen molar-refractivity contribution in [3.63, 3.8) is 0 Å². The summed E-state index contributed by atoms with van der Waals surface area (Å²) in [6.07, 6.45) is 0.284. The fourth-order valence-electron chi connectivity index (χ4n) is 4.24. The highest BCUT2D eigenvalue weighted by Crippen LogP contribution is 2.28. The van der Waals surface area contributed by atoms with Crippen LogP contribution < -0.4 is 10.8 Å². The number of fused-ring (bicyclic) bond motifs is 2. The first kappa shape index (κ1) is 23.5. The van der Waals surface area contributed by atoms with Gasteiger partial charge in [0.05, 0.1) is 12.7 Å². The minimum Gasteiger partial charge on any atom is -0.467 e. The van der Waals surface area contributed by atoms with Crippen LogP contribution in [-0.4, -0.2) is 46.4 Å². The van der Waals surface area contributed by atoms with E-state index in [-0.39, 0.29) is 12.3 Å². The summed E-state index contributed by atoms with van der Waals surface area (Å²) in [6, 6.07) is 24.2. The van der Waals surface area contributed by atoms with Crippen molar-refractivity contribution in [1.29, 1.82) is 0 Å². The molecular weight excluding hydrogens is 429 g/mol. The number of ether oxygens (including phenoxy) is 1. The molecule has 172 valence electrons. The number of rotatable bonds is 8. The van der Waals surface area contributed by atoms with E-state index in [0.29, 0.717) is 5.56 Å². The number of benzene rings is 4. The van der Waals surface area contributed by atoms with E-state index in [1.807, 2.05) is 72.8 Å². The average molecular weight is 455 g/mol. The van der Waals surface area contributed by atoms with E-state index >= 15 is 0 Å². The van der Waals surface area contributed by atoms with Gasteiger partial charge in [0.1, 0.15) is 6.04 Å². The summed E-state index contributed by atoms with van der Waals surface area (Å²) in [6.45, 7) is 0. The Kier molecular flexibility index (Phi) is 7.26. The molecule has 0 fully saturated rings. The molecule has 4 rings (SSSR count). The number of amides is 1. The fraction of sp³-hybridized carbons (Fsp3) is 0.185. The maximum atomic E-state index is 13.6. The maximum Gasteiger partial charge on any atom is 0.493 e. The molecule has 0 heterocycles. The van der Waals surface area contributed by atoms with Gasteiger partial charge in [-0.3, -0.25) is 4.79 Å². The summed E-state index contributed by atoms with van der Waals surface area (Å²) in [5, 5.41) is 6.50. The second-order valence-corrected chi connectivity index (χ2v) is 7.99. The summed E-state index contributed by atoms with van der Waals surface area (Å²) in [5.41, 5.74) is 2.27. The zero-order chi connectivity index (χ0) is 24.1. The number of methoxy groups -OCH3 is 1. The minimum atomic E-state index is -0.846. The molecule has 4 aromatic rings. The third kappa shape index (κ3) is 4.81. The molecule has 0 saturated heterocycles. The Hall–Kier alpha value is -3.68. The minimum absolute atomic E-state index is 0.284. The highest BCUT2D eigenvalue weighted by molar-refractivity contribution is 6.61. The first-order chi connectivity index (χ1) is 16.5.